The Morgan fingerprint density at radius 3 is 3.00 bits per heavy atom. The third kappa shape index (κ3) is 3.44. The minimum Gasteiger partial charge on any atom is -0.408 e. The van der Waals surface area contributed by atoms with E-state index in [2.05, 4.69) is 20.8 Å². The molecular formula is C14H16N6O3. The molecule has 3 rings (SSSR count). The van der Waals surface area contributed by atoms with Crippen molar-refractivity contribution in [3.8, 4) is 0 Å². The molecule has 0 aliphatic heterocycles. The normalized spacial score (nSPS) is 12.4. The van der Waals surface area contributed by atoms with Gasteiger partial charge in [-0.1, -0.05) is 12.1 Å². The predicted molar refractivity (Wildman–Crippen MR) is 80.5 cm³/mol. The van der Waals surface area contributed by atoms with Crippen LogP contribution < -0.4 is 11.1 Å². The van der Waals surface area contributed by atoms with Crippen LogP contribution in [0, 0.1) is 0 Å². The maximum atomic E-state index is 11.9. The number of hydrogen-bond donors (Lipinski definition) is 1. The molecule has 0 bridgehead atoms. The molecule has 2 aromatic heterocycles. The number of hydrogen-bond acceptors (Lipinski definition) is 6. The van der Waals surface area contributed by atoms with Crippen LogP contribution in [-0.2, 0) is 17.9 Å². The van der Waals surface area contributed by atoms with Crippen molar-refractivity contribution in [3.63, 3.8) is 0 Å². The van der Waals surface area contributed by atoms with Crippen LogP contribution in [0.3, 0.4) is 0 Å². The molecule has 0 aliphatic carbocycles. The summed E-state index contributed by atoms with van der Waals surface area (Å²) in [7, 11) is 0. The zero-order valence-corrected chi connectivity index (χ0v) is 12.5. The second kappa shape index (κ2) is 6.42. The molecule has 3 aromatic rings. The van der Waals surface area contributed by atoms with E-state index in [4.69, 9.17) is 4.42 Å². The second-order valence-electron chi connectivity index (χ2n) is 5.24. The number of rotatable bonds is 6. The van der Waals surface area contributed by atoms with Crippen LogP contribution in [0.1, 0.15) is 13.3 Å². The molecule has 9 nitrogen and oxygen atoms in total. The number of amides is 1. The fraction of sp³-hybridized carbons (Fsp3) is 0.357. The number of benzene rings is 1. The predicted octanol–water partition coefficient (Wildman–Crippen LogP) is 0.176. The number of oxazole rings is 1. The fourth-order valence-electron chi connectivity index (χ4n) is 2.35. The van der Waals surface area contributed by atoms with Crippen LogP contribution in [-0.4, -0.2) is 36.7 Å². The van der Waals surface area contributed by atoms with Gasteiger partial charge in [0.05, 0.1) is 12.1 Å². The van der Waals surface area contributed by atoms with E-state index >= 15 is 0 Å². The summed E-state index contributed by atoms with van der Waals surface area (Å²) in [5.41, 5.74) is 1.25. The molecule has 0 unspecified atom stereocenters. The van der Waals surface area contributed by atoms with Crippen LogP contribution >= 0.6 is 0 Å². The molecule has 9 heteroatoms. The van der Waals surface area contributed by atoms with Gasteiger partial charge in [-0.15, -0.1) is 5.10 Å². The van der Waals surface area contributed by atoms with Crippen LogP contribution in [0.5, 0.6) is 0 Å². The average molecular weight is 316 g/mol. The highest BCUT2D eigenvalue weighted by molar-refractivity contribution is 5.76. The first-order valence-electron chi connectivity index (χ1n) is 7.22. The van der Waals surface area contributed by atoms with Gasteiger partial charge in [-0.25, -0.2) is 9.48 Å². The summed E-state index contributed by atoms with van der Waals surface area (Å²) in [6.45, 7) is 2.58. The summed E-state index contributed by atoms with van der Waals surface area (Å²) in [5.74, 6) is -0.560. The van der Waals surface area contributed by atoms with E-state index in [1.54, 1.807) is 12.1 Å². The topological polar surface area (TPSA) is 108 Å². The Balaban J connectivity index is 1.60. The molecular weight excluding hydrogens is 300 g/mol. The molecule has 23 heavy (non-hydrogen) atoms. The van der Waals surface area contributed by atoms with Crippen LogP contribution in [0.25, 0.3) is 11.1 Å². The van der Waals surface area contributed by atoms with Crippen LogP contribution in [0.2, 0.25) is 0 Å². The van der Waals surface area contributed by atoms with E-state index in [1.807, 2.05) is 19.1 Å². The Hall–Kier alpha value is -2.97. The molecule has 1 N–H and O–H groups in total. The summed E-state index contributed by atoms with van der Waals surface area (Å²) in [6, 6.07) is 6.98. The number of carbonyl (C=O) groups excluding carboxylic acids is 1. The van der Waals surface area contributed by atoms with Gasteiger partial charge in [0.15, 0.2) is 5.58 Å². The highest BCUT2D eigenvalue weighted by Gasteiger charge is 2.13. The first kappa shape index (κ1) is 14.9. The van der Waals surface area contributed by atoms with Crippen molar-refractivity contribution in [3.05, 3.63) is 41.1 Å². The van der Waals surface area contributed by atoms with E-state index in [9.17, 15) is 9.59 Å². The Kier molecular flexibility index (Phi) is 4.18. The Morgan fingerprint density at radius 1 is 1.39 bits per heavy atom. The molecule has 0 spiro atoms. The van der Waals surface area contributed by atoms with Crippen molar-refractivity contribution in [1.82, 2.24) is 30.1 Å². The zero-order valence-electron chi connectivity index (χ0n) is 12.5. The number of aryl methyl sites for hydroxylation is 1. The number of tetrazole rings is 1. The van der Waals surface area contributed by atoms with Gasteiger partial charge in [0.25, 0.3) is 0 Å². The van der Waals surface area contributed by atoms with Gasteiger partial charge in [-0.2, -0.15) is 0 Å². The van der Waals surface area contributed by atoms with E-state index in [0.29, 0.717) is 24.2 Å². The number of fused-ring (bicyclic) bond motifs is 1. The standard InChI is InChI=1S/C14H16N6O3/c1-10(16-13(21)6-7-19-9-15-17-18-19)8-20-11-4-2-3-5-12(11)23-14(20)22/h2-5,9-10H,6-8H2,1H3,(H,16,21)/t10-/m1/s1. The SMILES string of the molecule is C[C@H](Cn1c(=O)oc2ccccc21)NC(=O)CCn1cnnn1. The van der Waals surface area contributed by atoms with E-state index in [0.717, 1.165) is 0 Å². The number of nitrogens with zero attached hydrogens (tertiary/aromatic N) is 5. The van der Waals surface area contributed by atoms with E-state index < -0.39 is 5.76 Å². The summed E-state index contributed by atoms with van der Waals surface area (Å²) >= 11 is 0. The van der Waals surface area contributed by atoms with Crippen molar-refractivity contribution in [1.29, 1.82) is 0 Å². The maximum Gasteiger partial charge on any atom is 0.420 e. The Bertz CT molecular complexity index is 851. The van der Waals surface area contributed by atoms with Crippen molar-refractivity contribution in [2.24, 2.45) is 0 Å². The van der Waals surface area contributed by atoms with E-state index in [1.165, 1.54) is 15.6 Å². The fourth-order valence-corrected chi connectivity index (χ4v) is 2.35. The number of carbonyl (C=O) groups is 1. The third-order valence-electron chi connectivity index (χ3n) is 3.40. The lowest BCUT2D eigenvalue weighted by molar-refractivity contribution is -0.122. The molecule has 0 fully saturated rings. The Labute approximate surface area is 130 Å². The number of aromatic nitrogens is 5. The van der Waals surface area contributed by atoms with Crippen molar-refractivity contribution in [2.45, 2.75) is 32.5 Å². The quantitative estimate of drug-likeness (QED) is 0.695. The highest BCUT2D eigenvalue weighted by Crippen LogP contribution is 2.12. The minimum atomic E-state index is -0.430. The van der Waals surface area contributed by atoms with Crippen LogP contribution in [0.15, 0.2) is 39.8 Å². The number of para-hydroxylation sites is 2. The first-order chi connectivity index (χ1) is 11.1. The molecule has 0 saturated heterocycles. The lowest BCUT2D eigenvalue weighted by atomic mass is 10.2. The van der Waals surface area contributed by atoms with Gasteiger partial charge in [0.1, 0.15) is 6.33 Å². The van der Waals surface area contributed by atoms with Crippen LogP contribution in [0.4, 0.5) is 0 Å². The first-order valence-corrected chi connectivity index (χ1v) is 7.22. The summed E-state index contributed by atoms with van der Waals surface area (Å²) < 4.78 is 8.17. The summed E-state index contributed by atoms with van der Waals surface area (Å²) in [6.07, 6.45) is 1.71. The van der Waals surface area contributed by atoms with Gasteiger partial charge in [-0.05, 0) is 29.5 Å². The van der Waals surface area contributed by atoms with Gasteiger partial charge < -0.3 is 9.73 Å². The van der Waals surface area contributed by atoms with Crippen molar-refractivity contribution in [2.75, 3.05) is 0 Å². The van der Waals surface area contributed by atoms with E-state index in [-0.39, 0.29) is 18.4 Å². The highest BCUT2D eigenvalue weighted by atomic mass is 16.4. The monoisotopic (exact) mass is 316 g/mol. The lowest BCUT2D eigenvalue weighted by Gasteiger charge is -2.14. The van der Waals surface area contributed by atoms with Crippen molar-refractivity contribution >= 4 is 17.0 Å². The minimum absolute atomic E-state index is 0.131. The molecule has 1 atom stereocenters. The Morgan fingerprint density at radius 2 is 2.22 bits per heavy atom. The largest absolute Gasteiger partial charge is 0.420 e. The molecule has 120 valence electrons. The van der Waals surface area contributed by atoms with Crippen molar-refractivity contribution < 1.29 is 9.21 Å². The molecule has 2 heterocycles. The molecule has 1 amide bonds. The summed E-state index contributed by atoms with van der Waals surface area (Å²) in [4.78, 5) is 23.8. The molecule has 0 aliphatic rings. The summed E-state index contributed by atoms with van der Waals surface area (Å²) in [5, 5.41) is 13.5. The molecule has 0 radical (unpaired) electrons. The van der Waals surface area contributed by atoms with Gasteiger partial charge in [-0.3, -0.25) is 9.36 Å². The number of nitrogens with one attached hydrogen (secondary N) is 1. The zero-order chi connectivity index (χ0) is 16.2. The third-order valence-corrected chi connectivity index (χ3v) is 3.40. The average Bonchev–Trinajstić information content (AvgIpc) is 3.14. The maximum absolute atomic E-state index is 11.9. The second-order valence-corrected chi connectivity index (χ2v) is 5.24. The lowest BCUT2D eigenvalue weighted by Crippen LogP contribution is -2.37. The van der Waals surface area contributed by atoms with Gasteiger partial charge >= 0.3 is 5.76 Å². The molecule has 0 saturated carbocycles. The molecule has 1 aromatic carbocycles. The smallest absolute Gasteiger partial charge is 0.408 e. The van der Waals surface area contributed by atoms with Gasteiger partial charge in [0, 0.05) is 19.0 Å². The van der Waals surface area contributed by atoms with Gasteiger partial charge in [0.2, 0.25) is 5.91 Å².